The van der Waals surface area contributed by atoms with Crippen LogP contribution in [-0.4, -0.2) is 24.1 Å². The first-order chi connectivity index (χ1) is 18.4. The van der Waals surface area contributed by atoms with E-state index in [2.05, 4.69) is 10.6 Å². The van der Waals surface area contributed by atoms with Gasteiger partial charge in [0.25, 0.3) is 5.91 Å². The Bertz CT molecular complexity index is 1460. The Kier molecular flexibility index (Phi) is 7.38. The first kappa shape index (κ1) is 25.4. The van der Waals surface area contributed by atoms with Gasteiger partial charge in [-0.3, -0.25) is 10.1 Å². The van der Waals surface area contributed by atoms with Crippen LogP contribution in [0.4, 0.5) is 35.4 Å². The van der Waals surface area contributed by atoms with E-state index in [1.807, 2.05) is 16.8 Å². The lowest BCUT2D eigenvalue weighted by Crippen LogP contribution is -2.48. The molecule has 0 saturated carbocycles. The van der Waals surface area contributed by atoms with Gasteiger partial charge in [0.2, 0.25) is 0 Å². The molecule has 4 amide bonds. The molecule has 7 nitrogen and oxygen atoms in total. The molecule has 0 unspecified atom stereocenters. The molecule has 0 aliphatic carbocycles. The normalized spacial score (nSPS) is 16.8. The second-order valence-corrected chi connectivity index (χ2v) is 10.1. The van der Waals surface area contributed by atoms with Gasteiger partial charge < -0.3 is 10.1 Å². The predicted molar refractivity (Wildman–Crippen MR) is 143 cm³/mol. The number of hydrogen-bond donors (Lipinski definition) is 2. The molecule has 0 fully saturated rings. The lowest BCUT2D eigenvalue weighted by molar-refractivity contribution is -0.125. The molecule has 1 aliphatic heterocycles. The van der Waals surface area contributed by atoms with Crippen LogP contribution in [0.25, 0.3) is 0 Å². The van der Waals surface area contributed by atoms with E-state index in [4.69, 9.17) is 4.74 Å². The maximum absolute atomic E-state index is 14.0. The Morgan fingerprint density at radius 2 is 1.47 bits per heavy atom. The van der Waals surface area contributed by atoms with Gasteiger partial charge in [-0.2, -0.15) is 11.3 Å². The number of ether oxygens (including phenoxy) is 1. The number of thiophene rings is 1. The number of para-hydroxylation sites is 1. The predicted octanol–water partition coefficient (Wildman–Crippen LogP) is 7.06. The molecular formula is C27H19F2N3O4S2. The van der Waals surface area contributed by atoms with Crippen molar-refractivity contribution in [3.8, 4) is 0 Å². The SMILES string of the molecule is O=C(Nc1ccc(F)cc1)O[C@H]1C(=O)N(C(=O)Nc2ccc(F)cc2)c2ccccc2S[C@H]1c1ccsc1. The van der Waals surface area contributed by atoms with Gasteiger partial charge in [0.1, 0.15) is 11.6 Å². The molecule has 38 heavy (non-hydrogen) atoms. The molecule has 192 valence electrons. The number of fused-ring (bicyclic) bond motifs is 1. The molecule has 11 heteroatoms. The fourth-order valence-electron chi connectivity index (χ4n) is 3.83. The molecule has 0 bridgehead atoms. The highest BCUT2D eigenvalue weighted by molar-refractivity contribution is 7.99. The van der Waals surface area contributed by atoms with E-state index in [0.29, 0.717) is 10.6 Å². The summed E-state index contributed by atoms with van der Waals surface area (Å²) in [6, 6.07) is 18.0. The van der Waals surface area contributed by atoms with Crippen LogP contribution in [-0.2, 0) is 9.53 Å². The van der Waals surface area contributed by atoms with Crippen LogP contribution in [0.2, 0.25) is 0 Å². The first-order valence-corrected chi connectivity index (χ1v) is 13.1. The molecule has 2 atom stereocenters. The van der Waals surface area contributed by atoms with Gasteiger partial charge in [-0.05, 0) is 83.1 Å². The Morgan fingerprint density at radius 1 is 0.842 bits per heavy atom. The summed E-state index contributed by atoms with van der Waals surface area (Å²) in [6.07, 6.45) is -2.35. The third-order valence-corrected chi connectivity index (χ3v) is 7.67. The monoisotopic (exact) mass is 551 g/mol. The number of hydrogen-bond acceptors (Lipinski definition) is 6. The summed E-state index contributed by atoms with van der Waals surface area (Å²) in [6.45, 7) is 0. The molecule has 4 aromatic rings. The van der Waals surface area contributed by atoms with Crippen molar-refractivity contribution in [2.24, 2.45) is 0 Å². The number of amides is 4. The second kappa shape index (κ2) is 11.0. The van der Waals surface area contributed by atoms with E-state index in [-0.39, 0.29) is 11.4 Å². The molecule has 2 N–H and O–H groups in total. The molecule has 2 heterocycles. The zero-order chi connectivity index (χ0) is 26.6. The number of nitrogens with one attached hydrogen (secondary N) is 2. The van der Waals surface area contributed by atoms with E-state index in [0.717, 1.165) is 10.5 Å². The number of benzene rings is 3. The fraction of sp³-hybridized carbons (Fsp3) is 0.0741. The zero-order valence-electron chi connectivity index (χ0n) is 19.5. The number of halogens is 2. The van der Waals surface area contributed by atoms with Gasteiger partial charge in [0.15, 0.2) is 6.10 Å². The maximum Gasteiger partial charge on any atom is 0.412 e. The topological polar surface area (TPSA) is 87.7 Å². The minimum Gasteiger partial charge on any atom is -0.434 e. The lowest BCUT2D eigenvalue weighted by Gasteiger charge is -2.26. The molecule has 3 aromatic carbocycles. The van der Waals surface area contributed by atoms with Gasteiger partial charge in [-0.25, -0.2) is 23.3 Å². The van der Waals surface area contributed by atoms with Crippen LogP contribution in [0.3, 0.4) is 0 Å². The highest BCUT2D eigenvalue weighted by atomic mass is 32.2. The Balaban J connectivity index is 1.49. The number of carbonyl (C=O) groups is 3. The molecule has 0 saturated heterocycles. The maximum atomic E-state index is 14.0. The number of nitrogens with zero attached hydrogens (tertiary/aromatic N) is 1. The summed E-state index contributed by atoms with van der Waals surface area (Å²) in [5.74, 6) is -1.72. The number of imide groups is 1. The number of anilines is 3. The summed E-state index contributed by atoms with van der Waals surface area (Å²) in [7, 11) is 0. The summed E-state index contributed by atoms with van der Waals surface area (Å²) in [5.41, 5.74) is 1.60. The molecule has 1 aromatic heterocycles. The number of carbonyl (C=O) groups excluding carboxylic acids is 3. The smallest absolute Gasteiger partial charge is 0.412 e. The lowest BCUT2D eigenvalue weighted by atomic mass is 10.1. The van der Waals surface area contributed by atoms with Crippen molar-refractivity contribution in [2.75, 3.05) is 15.5 Å². The van der Waals surface area contributed by atoms with E-state index in [9.17, 15) is 23.2 Å². The molecule has 0 radical (unpaired) electrons. The fourth-order valence-corrected chi connectivity index (χ4v) is 5.90. The average Bonchev–Trinajstić information content (AvgIpc) is 3.41. The van der Waals surface area contributed by atoms with Crippen molar-refractivity contribution < 1.29 is 27.9 Å². The second-order valence-electron chi connectivity index (χ2n) is 8.13. The molecule has 0 spiro atoms. The largest absolute Gasteiger partial charge is 0.434 e. The van der Waals surface area contributed by atoms with E-state index in [1.165, 1.54) is 71.6 Å². The van der Waals surface area contributed by atoms with Crippen LogP contribution in [0.15, 0.2) is 94.5 Å². The van der Waals surface area contributed by atoms with Crippen molar-refractivity contribution in [3.63, 3.8) is 0 Å². The van der Waals surface area contributed by atoms with Crippen molar-refractivity contribution in [2.45, 2.75) is 16.2 Å². The molecular weight excluding hydrogens is 532 g/mol. The number of rotatable bonds is 4. The van der Waals surface area contributed by atoms with Gasteiger partial charge in [-0.15, -0.1) is 11.8 Å². The van der Waals surface area contributed by atoms with Gasteiger partial charge in [-0.1, -0.05) is 12.1 Å². The van der Waals surface area contributed by atoms with Crippen molar-refractivity contribution in [3.05, 3.63) is 107 Å². The Morgan fingerprint density at radius 3 is 2.11 bits per heavy atom. The minimum absolute atomic E-state index is 0.270. The number of urea groups is 1. The quantitative estimate of drug-likeness (QED) is 0.284. The van der Waals surface area contributed by atoms with Crippen LogP contribution in [0.1, 0.15) is 10.8 Å². The summed E-state index contributed by atoms with van der Waals surface area (Å²) < 4.78 is 32.3. The summed E-state index contributed by atoms with van der Waals surface area (Å²) >= 11 is 2.70. The third kappa shape index (κ3) is 5.53. The highest BCUT2D eigenvalue weighted by Gasteiger charge is 2.43. The van der Waals surface area contributed by atoms with E-state index in [1.54, 1.807) is 24.3 Å². The van der Waals surface area contributed by atoms with Gasteiger partial charge in [0, 0.05) is 16.3 Å². The molecule has 1 aliphatic rings. The van der Waals surface area contributed by atoms with Crippen molar-refractivity contribution >= 4 is 58.2 Å². The number of thioether (sulfide) groups is 1. The van der Waals surface area contributed by atoms with Crippen molar-refractivity contribution in [1.82, 2.24) is 0 Å². The van der Waals surface area contributed by atoms with Crippen LogP contribution >= 0.6 is 23.1 Å². The van der Waals surface area contributed by atoms with E-state index < -0.39 is 41.0 Å². The Hall–Kier alpha value is -4.22. The standard InChI is InChI=1S/C27H19F2N3O4S2/c28-17-5-9-19(10-6-17)30-26(34)32-21-3-1-2-4-22(21)38-24(16-13-14-37-15-16)23(25(32)33)36-27(35)31-20-11-7-18(29)8-12-20/h1-15,23-24H,(H,30,34)(H,31,35)/t23-,24+/m1/s1. The third-order valence-electron chi connectivity index (χ3n) is 5.59. The van der Waals surface area contributed by atoms with Crippen LogP contribution < -0.4 is 15.5 Å². The summed E-state index contributed by atoms with van der Waals surface area (Å²) in [5, 5.41) is 8.11. The van der Waals surface area contributed by atoms with Crippen molar-refractivity contribution in [1.29, 1.82) is 0 Å². The van der Waals surface area contributed by atoms with E-state index >= 15 is 0 Å². The van der Waals surface area contributed by atoms with Crippen LogP contribution in [0, 0.1) is 11.6 Å². The minimum atomic E-state index is -1.40. The van der Waals surface area contributed by atoms with Gasteiger partial charge in [0.05, 0.1) is 10.9 Å². The highest BCUT2D eigenvalue weighted by Crippen LogP contribution is 2.47. The zero-order valence-corrected chi connectivity index (χ0v) is 21.1. The molecule has 5 rings (SSSR count). The Labute approximate surface area is 224 Å². The summed E-state index contributed by atoms with van der Waals surface area (Å²) in [4.78, 5) is 41.8. The average molecular weight is 552 g/mol. The van der Waals surface area contributed by atoms with Crippen LogP contribution in [0.5, 0.6) is 0 Å². The first-order valence-electron chi connectivity index (χ1n) is 11.3. The van der Waals surface area contributed by atoms with Gasteiger partial charge >= 0.3 is 12.1 Å².